The second-order valence-corrected chi connectivity index (χ2v) is 6.86. The highest BCUT2D eigenvalue weighted by atomic mass is 35.5. The first kappa shape index (κ1) is 19.8. The van der Waals surface area contributed by atoms with Crippen molar-refractivity contribution in [1.82, 2.24) is 9.97 Å². The third kappa shape index (κ3) is 4.65. The fourth-order valence-electron chi connectivity index (χ4n) is 2.25. The molecule has 3 rings (SSSR count). The van der Waals surface area contributed by atoms with E-state index >= 15 is 0 Å². The standard InChI is InChI=1S/C19H16ClN3O4S/c1-11(27-18(25)14-4-3-9-21-16(14)20)17(24)23-19-22-15(10-28-19)12-5-7-13(26-2)8-6-12/h3-11H,1-2H3,(H,22,23,24). The molecule has 1 aromatic carbocycles. The van der Waals surface area contributed by atoms with E-state index in [0.29, 0.717) is 5.13 Å². The lowest BCUT2D eigenvalue weighted by atomic mass is 10.2. The summed E-state index contributed by atoms with van der Waals surface area (Å²) in [4.78, 5) is 32.6. The average molecular weight is 418 g/mol. The lowest BCUT2D eigenvalue weighted by Gasteiger charge is -2.12. The molecular weight excluding hydrogens is 402 g/mol. The zero-order chi connectivity index (χ0) is 20.1. The van der Waals surface area contributed by atoms with Crippen molar-refractivity contribution in [3.63, 3.8) is 0 Å². The van der Waals surface area contributed by atoms with Crippen molar-refractivity contribution in [2.45, 2.75) is 13.0 Å². The minimum atomic E-state index is -1.03. The molecule has 0 aliphatic rings. The number of amides is 1. The number of nitrogens with zero attached hydrogens (tertiary/aromatic N) is 2. The Balaban J connectivity index is 1.62. The second kappa shape index (κ2) is 8.81. The van der Waals surface area contributed by atoms with Crippen LogP contribution < -0.4 is 10.1 Å². The third-order valence-electron chi connectivity index (χ3n) is 3.75. The van der Waals surface area contributed by atoms with Crippen LogP contribution in [0.4, 0.5) is 5.13 Å². The molecule has 144 valence electrons. The van der Waals surface area contributed by atoms with Crippen LogP contribution in [0.25, 0.3) is 11.3 Å². The lowest BCUT2D eigenvalue weighted by molar-refractivity contribution is -0.123. The number of carbonyl (C=O) groups excluding carboxylic acids is 2. The summed E-state index contributed by atoms with van der Waals surface area (Å²) in [5, 5.41) is 4.89. The molecule has 28 heavy (non-hydrogen) atoms. The zero-order valence-electron chi connectivity index (χ0n) is 15.0. The van der Waals surface area contributed by atoms with Crippen molar-refractivity contribution in [2.75, 3.05) is 12.4 Å². The van der Waals surface area contributed by atoms with Crippen LogP contribution in [-0.2, 0) is 9.53 Å². The summed E-state index contributed by atoms with van der Waals surface area (Å²) in [6, 6.07) is 10.5. The zero-order valence-corrected chi connectivity index (χ0v) is 16.6. The minimum absolute atomic E-state index is 0.0177. The van der Waals surface area contributed by atoms with Gasteiger partial charge >= 0.3 is 5.97 Å². The van der Waals surface area contributed by atoms with E-state index in [1.807, 2.05) is 29.6 Å². The quantitative estimate of drug-likeness (QED) is 0.480. The molecule has 0 aliphatic carbocycles. The van der Waals surface area contributed by atoms with Crippen molar-refractivity contribution in [1.29, 1.82) is 0 Å². The summed E-state index contributed by atoms with van der Waals surface area (Å²) in [6.45, 7) is 1.47. The van der Waals surface area contributed by atoms with Crippen LogP contribution in [0.15, 0.2) is 48.0 Å². The van der Waals surface area contributed by atoms with E-state index in [0.717, 1.165) is 17.0 Å². The van der Waals surface area contributed by atoms with Gasteiger partial charge in [-0.2, -0.15) is 0 Å². The van der Waals surface area contributed by atoms with Crippen molar-refractivity contribution in [3.8, 4) is 17.0 Å². The number of ether oxygens (including phenoxy) is 2. The van der Waals surface area contributed by atoms with Crippen LogP contribution in [-0.4, -0.2) is 35.1 Å². The Labute approximate surface area is 170 Å². The van der Waals surface area contributed by atoms with Crippen molar-refractivity contribution in [3.05, 3.63) is 58.7 Å². The fourth-order valence-corrected chi connectivity index (χ4v) is 3.17. The Morgan fingerprint density at radius 2 is 1.96 bits per heavy atom. The topological polar surface area (TPSA) is 90.4 Å². The molecule has 3 aromatic rings. The van der Waals surface area contributed by atoms with E-state index in [9.17, 15) is 9.59 Å². The third-order valence-corrected chi connectivity index (χ3v) is 4.81. The SMILES string of the molecule is COc1ccc(-c2csc(NC(=O)C(C)OC(=O)c3cccnc3Cl)n2)cc1. The number of nitrogens with one attached hydrogen (secondary N) is 1. The van der Waals surface area contributed by atoms with Crippen molar-refractivity contribution >= 4 is 39.9 Å². The first-order valence-corrected chi connectivity index (χ1v) is 9.46. The molecular formula is C19H16ClN3O4S. The van der Waals surface area contributed by atoms with Crippen LogP contribution in [0.5, 0.6) is 5.75 Å². The summed E-state index contributed by atoms with van der Waals surface area (Å²) in [5.41, 5.74) is 1.71. The van der Waals surface area contributed by atoms with Crippen LogP contribution in [0.3, 0.4) is 0 Å². The molecule has 0 saturated carbocycles. The summed E-state index contributed by atoms with van der Waals surface area (Å²) < 4.78 is 10.3. The first-order chi connectivity index (χ1) is 13.5. The van der Waals surface area contributed by atoms with Crippen molar-refractivity contribution < 1.29 is 19.1 Å². The molecule has 7 nitrogen and oxygen atoms in total. The Kier molecular flexibility index (Phi) is 6.23. The smallest absolute Gasteiger partial charge is 0.342 e. The predicted octanol–water partition coefficient (Wildman–Crippen LogP) is 4.05. The van der Waals surface area contributed by atoms with Gasteiger partial charge in [-0.25, -0.2) is 14.8 Å². The molecule has 0 aliphatic heterocycles. The Morgan fingerprint density at radius 1 is 1.21 bits per heavy atom. The number of carbonyl (C=O) groups is 2. The number of esters is 1. The number of methoxy groups -OCH3 is 1. The summed E-state index contributed by atoms with van der Waals surface area (Å²) in [6.07, 6.45) is 0.426. The van der Waals surface area contributed by atoms with E-state index in [2.05, 4.69) is 15.3 Å². The molecule has 0 bridgehead atoms. The molecule has 0 radical (unpaired) electrons. The second-order valence-electron chi connectivity index (χ2n) is 5.64. The van der Waals surface area contributed by atoms with E-state index < -0.39 is 18.0 Å². The van der Waals surface area contributed by atoms with E-state index in [1.54, 1.807) is 13.2 Å². The summed E-state index contributed by atoms with van der Waals surface area (Å²) >= 11 is 7.14. The maximum Gasteiger partial charge on any atom is 0.342 e. The molecule has 9 heteroatoms. The number of rotatable bonds is 6. The highest BCUT2D eigenvalue weighted by molar-refractivity contribution is 7.14. The Hall–Kier alpha value is -2.97. The number of pyridine rings is 1. The van der Waals surface area contributed by atoms with Crippen LogP contribution in [0.2, 0.25) is 5.15 Å². The number of benzene rings is 1. The van der Waals surface area contributed by atoms with Gasteiger partial charge in [0.05, 0.1) is 18.4 Å². The van der Waals surface area contributed by atoms with Gasteiger partial charge in [0.15, 0.2) is 11.2 Å². The van der Waals surface area contributed by atoms with Gasteiger partial charge < -0.3 is 9.47 Å². The van der Waals surface area contributed by atoms with Crippen LogP contribution in [0.1, 0.15) is 17.3 Å². The van der Waals surface area contributed by atoms with Gasteiger partial charge in [-0.1, -0.05) is 11.6 Å². The molecule has 1 N–H and O–H groups in total. The monoisotopic (exact) mass is 417 g/mol. The van der Waals surface area contributed by atoms with Crippen LogP contribution in [0, 0.1) is 0 Å². The van der Waals surface area contributed by atoms with Gasteiger partial charge in [0.1, 0.15) is 10.9 Å². The number of hydrogen-bond donors (Lipinski definition) is 1. The Morgan fingerprint density at radius 3 is 2.64 bits per heavy atom. The largest absolute Gasteiger partial charge is 0.497 e. The summed E-state index contributed by atoms with van der Waals surface area (Å²) in [7, 11) is 1.60. The molecule has 2 heterocycles. The fraction of sp³-hybridized carbons (Fsp3) is 0.158. The van der Waals surface area contributed by atoms with E-state index in [1.165, 1.54) is 30.5 Å². The van der Waals surface area contributed by atoms with E-state index in [4.69, 9.17) is 21.1 Å². The highest BCUT2D eigenvalue weighted by Gasteiger charge is 2.21. The minimum Gasteiger partial charge on any atom is -0.497 e. The number of hydrogen-bond acceptors (Lipinski definition) is 7. The average Bonchev–Trinajstić information content (AvgIpc) is 3.16. The number of anilines is 1. The van der Waals surface area contributed by atoms with Gasteiger partial charge in [-0.05, 0) is 43.3 Å². The normalized spacial score (nSPS) is 11.5. The highest BCUT2D eigenvalue weighted by Crippen LogP contribution is 2.26. The molecule has 1 unspecified atom stereocenters. The Bertz CT molecular complexity index is 991. The number of halogens is 1. The van der Waals surface area contributed by atoms with Gasteiger partial charge in [0.25, 0.3) is 5.91 Å². The molecule has 0 saturated heterocycles. The van der Waals surface area contributed by atoms with E-state index in [-0.39, 0.29) is 10.7 Å². The molecule has 0 spiro atoms. The molecule has 0 fully saturated rings. The maximum absolute atomic E-state index is 12.3. The lowest BCUT2D eigenvalue weighted by Crippen LogP contribution is -2.30. The van der Waals surface area contributed by atoms with Gasteiger partial charge in [-0.3, -0.25) is 10.1 Å². The first-order valence-electron chi connectivity index (χ1n) is 8.20. The number of aromatic nitrogens is 2. The van der Waals surface area contributed by atoms with Gasteiger partial charge in [0, 0.05) is 17.1 Å². The van der Waals surface area contributed by atoms with Gasteiger partial charge in [0.2, 0.25) is 0 Å². The van der Waals surface area contributed by atoms with Crippen LogP contribution >= 0.6 is 22.9 Å². The molecule has 1 amide bonds. The molecule has 1 atom stereocenters. The van der Waals surface area contributed by atoms with Gasteiger partial charge in [-0.15, -0.1) is 11.3 Å². The van der Waals surface area contributed by atoms with Crippen molar-refractivity contribution in [2.24, 2.45) is 0 Å². The number of thiazole rings is 1. The molecule has 2 aromatic heterocycles. The summed E-state index contributed by atoms with van der Waals surface area (Å²) in [5.74, 6) is -0.473. The maximum atomic E-state index is 12.3. The predicted molar refractivity (Wildman–Crippen MR) is 107 cm³/mol.